The molecule has 7 heteroatoms. The maximum absolute atomic E-state index is 12.8. The number of H-pyrrole nitrogens is 1. The van der Waals surface area contributed by atoms with E-state index in [4.69, 9.17) is 28.9 Å². The summed E-state index contributed by atoms with van der Waals surface area (Å²) in [5, 5.41) is 1.88. The highest BCUT2D eigenvalue weighted by atomic mass is 35.5. The highest BCUT2D eigenvalue weighted by molar-refractivity contribution is 6.38. The number of rotatable bonds is 5. The lowest BCUT2D eigenvalue weighted by Crippen LogP contribution is -2.04. The smallest absolute Gasteiger partial charge is 0.353 e. The lowest BCUT2D eigenvalue weighted by molar-refractivity contribution is -0.137. The molecule has 1 heterocycles. The normalized spacial score (nSPS) is 12.1. The topological polar surface area (TPSA) is 41.8 Å². The monoisotopic (exact) mass is 400 g/mol. The van der Waals surface area contributed by atoms with Crippen molar-refractivity contribution in [3.05, 3.63) is 57.6 Å². The molecule has 0 fully saturated rings. The first-order valence-electron chi connectivity index (χ1n) is 8.18. The number of fused-ring (bicyclic) bond motifs is 1. The van der Waals surface area contributed by atoms with Crippen LogP contribution in [0.2, 0.25) is 10.0 Å². The highest BCUT2D eigenvalue weighted by Crippen LogP contribution is 2.38. The molecule has 0 saturated carbocycles. The molecule has 26 heavy (non-hydrogen) atoms. The van der Waals surface area contributed by atoms with Gasteiger partial charge in [0.2, 0.25) is 0 Å². The fourth-order valence-corrected chi connectivity index (χ4v) is 3.59. The van der Waals surface area contributed by atoms with Gasteiger partial charge in [-0.1, -0.05) is 35.3 Å². The number of nitrogens with one attached hydrogen (secondary N) is 1. The summed E-state index contributed by atoms with van der Waals surface area (Å²) in [6, 6.07) is 8.57. The molecule has 0 atom stereocenters. The van der Waals surface area contributed by atoms with E-state index in [2.05, 4.69) is 4.98 Å². The standard InChI is InChI=1S/C19H17Cl2F3N2/c20-13-9-15-14(3-1-2-8-25)17(26-18(15)16(21)10-13)11-4-6-12(7-5-11)19(22,23)24/h4-7,9-10,26H,1-3,8,25H2. The van der Waals surface area contributed by atoms with Crippen LogP contribution in [0.15, 0.2) is 36.4 Å². The van der Waals surface area contributed by atoms with Gasteiger partial charge in [0.15, 0.2) is 0 Å². The van der Waals surface area contributed by atoms with Gasteiger partial charge < -0.3 is 10.7 Å². The van der Waals surface area contributed by atoms with Gasteiger partial charge in [0, 0.05) is 16.1 Å². The Kier molecular flexibility index (Phi) is 5.51. The predicted octanol–water partition coefficient (Wildman–Crippen LogP) is 6.44. The van der Waals surface area contributed by atoms with E-state index in [1.54, 1.807) is 6.07 Å². The van der Waals surface area contributed by atoms with Crippen molar-refractivity contribution in [2.45, 2.75) is 25.4 Å². The molecule has 0 aliphatic rings. The third-order valence-electron chi connectivity index (χ3n) is 4.31. The third kappa shape index (κ3) is 3.85. The zero-order valence-electron chi connectivity index (χ0n) is 13.8. The average molecular weight is 401 g/mol. The lowest BCUT2D eigenvalue weighted by atomic mass is 9.99. The summed E-state index contributed by atoms with van der Waals surface area (Å²) in [5.41, 5.74) is 8.05. The number of nitrogens with two attached hydrogens (primary N) is 1. The van der Waals surface area contributed by atoms with Crippen molar-refractivity contribution >= 4 is 34.1 Å². The molecule has 3 rings (SSSR count). The van der Waals surface area contributed by atoms with E-state index in [0.29, 0.717) is 22.2 Å². The van der Waals surface area contributed by atoms with Crippen LogP contribution in [0.4, 0.5) is 13.2 Å². The number of halogens is 5. The van der Waals surface area contributed by atoms with Gasteiger partial charge in [-0.15, -0.1) is 0 Å². The molecular formula is C19H17Cl2F3N2. The van der Waals surface area contributed by atoms with E-state index >= 15 is 0 Å². The number of alkyl halides is 3. The molecule has 3 N–H and O–H groups in total. The van der Waals surface area contributed by atoms with Crippen molar-refractivity contribution < 1.29 is 13.2 Å². The van der Waals surface area contributed by atoms with Crippen molar-refractivity contribution in [3.63, 3.8) is 0 Å². The minimum Gasteiger partial charge on any atom is -0.353 e. The van der Waals surface area contributed by atoms with Crippen LogP contribution in [0.25, 0.3) is 22.2 Å². The SMILES string of the molecule is NCCCCc1c(-c2ccc(C(F)(F)F)cc2)[nH]c2c(Cl)cc(Cl)cc12. The van der Waals surface area contributed by atoms with Crippen molar-refractivity contribution in [3.8, 4) is 11.3 Å². The van der Waals surface area contributed by atoms with Gasteiger partial charge in [-0.3, -0.25) is 0 Å². The Balaban J connectivity index is 2.11. The summed E-state index contributed by atoms with van der Waals surface area (Å²) < 4.78 is 38.5. The zero-order chi connectivity index (χ0) is 18.9. The largest absolute Gasteiger partial charge is 0.416 e. The van der Waals surface area contributed by atoms with E-state index in [9.17, 15) is 13.2 Å². The number of aromatic nitrogens is 1. The van der Waals surface area contributed by atoms with Gasteiger partial charge in [-0.05, 0) is 61.2 Å². The number of hydrogen-bond acceptors (Lipinski definition) is 1. The molecule has 0 amide bonds. The first-order chi connectivity index (χ1) is 12.3. The molecule has 0 bridgehead atoms. The first kappa shape index (κ1) is 19.1. The van der Waals surface area contributed by atoms with E-state index in [0.717, 1.165) is 53.6 Å². The molecule has 0 aliphatic carbocycles. The van der Waals surface area contributed by atoms with Crippen LogP contribution in [-0.4, -0.2) is 11.5 Å². The number of unbranched alkanes of at least 4 members (excludes halogenated alkanes) is 1. The van der Waals surface area contributed by atoms with Gasteiger partial charge in [0.25, 0.3) is 0 Å². The van der Waals surface area contributed by atoms with Gasteiger partial charge >= 0.3 is 6.18 Å². The van der Waals surface area contributed by atoms with Crippen LogP contribution >= 0.6 is 23.2 Å². The summed E-state index contributed by atoms with van der Waals surface area (Å²) in [6.45, 7) is 0.583. The van der Waals surface area contributed by atoms with E-state index in [1.807, 2.05) is 6.07 Å². The van der Waals surface area contributed by atoms with Gasteiger partial charge in [-0.2, -0.15) is 13.2 Å². The van der Waals surface area contributed by atoms with Crippen molar-refractivity contribution in [2.75, 3.05) is 6.54 Å². The second-order valence-electron chi connectivity index (χ2n) is 6.11. The molecule has 0 spiro atoms. The second-order valence-corrected chi connectivity index (χ2v) is 6.95. The Bertz CT molecular complexity index is 915. The fraction of sp³-hybridized carbons (Fsp3) is 0.263. The first-order valence-corrected chi connectivity index (χ1v) is 8.94. The van der Waals surface area contributed by atoms with Crippen LogP contribution in [0.3, 0.4) is 0 Å². The van der Waals surface area contributed by atoms with E-state index in [-0.39, 0.29) is 0 Å². The molecule has 138 valence electrons. The Labute approximate surface area is 159 Å². The summed E-state index contributed by atoms with van der Waals surface area (Å²) in [5.74, 6) is 0. The molecular weight excluding hydrogens is 384 g/mol. The molecule has 1 aromatic heterocycles. The molecule has 0 radical (unpaired) electrons. The molecule has 0 unspecified atom stereocenters. The lowest BCUT2D eigenvalue weighted by Gasteiger charge is -2.09. The number of aromatic amines is 1. The minimum absolute atomic E-state index is 0.478. The molecule has 3 aromatic rings. The van der Waals surface area contributed by atoms with Crippen LogP contribution in [0, 0.1) is 0 Å². The average Bonchev–Trinajstić information content (AvgIpc) is 2.93. The van der Waals surface area contributed by atoms with E-state index < -0.39 is 11.7 Å². The third-order valence-corrected chi connectivity index (χ3v) is 4.83. The molecule has 0 saturated heterocycles. The molecule has 2 nitrogen and oxygen atoms in total. The molecule has 0 aliphatic heterocycles. The van der Waals surface area contributed by atoms with Crippen molar-refractivity contribution in [1.82, 2.24) is 4.98 Å². The maximum Gasteiger partial charge on any atom is 0.416 e. The maximum atomic E-state index is 12.8. The molecule has 2 aromatic carbocycles. The Morgan fingerprint density at radius 3 is 2.31 bits per heavy atom. The fourth-order valence-electron chi connectivity index (χ4n) is 3.05. The highest BCUT2D eigenvalue weighted by Gasteiger charge is 2.30. The van der Waals surface area contributed by atoms with Crippen LogP contribution in [0.1, 0.15) is 24.0 Å². The van der Waals surface area contributed by atoms with Crippen LogP contribution < -0.4 is 5.73 Å². The summed E-state index contributed by atoms with van der Waals surface area (Å²) in [7, 11) is 0. The Morgan fingerprint density at radius 1 is 1.00 bits per heavy atom. The van der Waals surface area contributed by atoms with Gasteiger partial charge in [0.1, 0.15) is 0 Å². The van der Waals surface area contributed by atoms with Crippen LogP contribution in [-0.2, 0) is 12.6 Å². The number of benzene rings is 2. The number of hydrogen-bond donors (Lipinski definition) is 2. The van der Waals surface area contributed by atoms with Crippen molar-refractivity contribution in [2.24, 2.45) is 5.73 Å². The Morgan fingerprint density at radius 2 is 1.69 bits per heavy atom. The van der Waals surface area contributed by atoms with Crippen molar-refractivity contribution in [1.29, 1.82) is 0 Å². The van der Waals surface area contributed by atoms with Gasteiger partial charge in [-0.25, -0.2) is 0 Å². The number of aryl methyl sites for hydroxylation is 1. The Hall–Kier alpha value is -1.69. The quantitative estimate of drug-likeness (QED) is 0.475. The summed E-state index contributed by atoms with van der Waals surface area (Å²) >= 11 is 12.4. The summed E-state index contributed by atoms with van der Waals surface area (Å²) in [6.07, 6.45) is -1.92. The zero-order valence-corrected chi connectivity index (χ0v) is 15.3. The van der Waals surface area contributed by atoms with E-state index in [1.165, 1.54) is 12.1 Å². The second kappa shape index (κ2) is 7.51. The predicted molar refractivity (Wildman–Crippen MR) is 101 cm³/mol. The summed E-state index contributed by atoms with van der Waals surface area (Å²) in [4.78, 5) is 3.26. The van der Waals surface area contributed by atoms with Gasteiger partial charge in [0.05, 0.1) is 16.1 Å². The minimum atomic E-state index is -4.36. The van der Waals surface area contributed by atoms with Crippen LogP contribution in [0.5, 0.6) is 0 Å².